The lowest BCUT2D eigenvalue weighted by atomic mass is 9.95. The van der Waals surface area contributed by atoms with Crippen LogP contribution in [0.3, 0.4) is 0 Å². The first-order valence-electron chi connectivity index (χ1n) is 12.0. The zero-order valence-corrected chi connectivity index (χ0v) is 19.6. The number of alkyl halides is 3. The monoisotopic (exact) mass is 494 g/mol. The van der Waals surface area contributed by atoms with Crippen molar-refractivity contribution in [3.05, 3.63) is 96.4 Å². The van der Waals surface area contributed by atoms with E-state index in [1.165, 1.54) is 17.0 Å². The van der Waals surface area contributed by atoms with Crippen molar-refractivity contribution in [3.63, 3.8) is 0 Å². The lowest BCUT2D eigenvalue weighted by Gasteiger charge is -2.28. The van der Waals surface area contributed by atoms with Crippen molar-refractivity contribution in [3.8, 4) is 11.5 Å². The molecule has 1 fully saturated rings. The van der Waals surface area contributed by atoms with Gasteiger partial charge in [-0.25, -0.2) is 4.68 Å². The highest BCUT2D eigenvalue weighted by Crippen LogP contribution is 2.31. The predicted molar refractivity (Wildman–Crippen MR) is 130 cm³/mol. The van der Waals surface area contributed by atoms with Crippen LogP contribution in [-0.4, -0.2) is 33.3 Å². The maximum atomic E-state index is 13.0. The Kier molecular flexibility index (Phi) is 6.65. The zero-order chi connectivity index (χ0) is 25.1. The maximum absolute atomic E-state index is 13.0. The van der Waals surface area contributed by atoms with E-state index in [4.69, 9.17) is 0 Å². The minimum Gasteiger partial charge on any atom is -0.331 e. The number of likely N-dealkylation sites (tertiary alicyclic amines) is 1. The van der Waals surface area contributed by atoms with E-state index in [-0.39, 0.29) is 17.5 Å². The summed E-state index contributed by atoms with van der Waals surface area (Å²) in [4.78, 5) is 14.1. The number of amides is 1. The van der Waals surface area contributed by atoms with Crippen molar-refractivity contribution in [2.45, 2.75) is 25.6 Å². The quantitative estimate of drug-likeness (QED) is 0.424. The van der Waals surface area contributed by atoms with Gasteiger partial charge < -0.3 is 14.8 Å². The Morgan fingerprint density at radius 2 is 1.72 bits per heavy atom. The molecule has 1 amide bonds. The van der Waals surface area contributed by atoms with Crippen molar-refractivity contribution in [2.75, 3.05) is 18.4 Å². The third-order valence-electron chi connectivity index (χ3n) is 6.63. The number of hydrogen-bond donors (Lipinski definition) is 2. The first-order chi connectivity index (χ1) is 17.4. The summed E-state index contributed by atoms with van der Waals surface area (Å²) >= 11 is 0. The highest BCUT2D eigenvalue weighted by atomic mass is 19.4. The number of carbonyl (C=O) groups excluding carboxylic acids is 1. The number of halogens is 3. The number of nitrogens with zero attached hydrogens (tertiary/aromatic N) is 3. The van der Waals surface area contributed by atoms with Crippen LogP contribution in [0, 0.1) is 5.92 Å². The van der Waals surface area contributed by atoms with Crippen LogP contribution < -0.4 is 10.2 Å². The summed E-state index contributed by atoms with van der Waals surface area (Å²) in [5.41, 5.74) is 1.49. The number of quaternary nitrogens is 1. The van der Waals surface area contributed by atoms with Crippen molar-refractivity contribution in [1.82, 2.24) is 14.3 Å². The number of nitrogens with one attached hydrogen (secondary N) is 2. The molecule has 4 aromatic rings. The maximum Gasteiger partial charge on any atom is 0.416 e. The van der Waals surface area contributed by atoms with E-state index in [0.29, 0.717) is 12.8 Å². The Labute approximate surface area is 207 Å². The third-order valence-corrected chi connectivity index (χ3v) is 6.63. The number of aromatic nitrogens is 3. The van der Waals surface area contributed by atoms with Gasteiger partial charge in [-0.05, 0) is 42.5 Å². The highest BCUT2D eigenvalue weighted by molar-refractivity contribution is 5.92. The molecule has 9 heteroatoms. The van der Waals surface area contributed by atoms with Crippen LogP contribution in [-0.2, 0) is 17.5 Å². The van der Waals surface area contributed by atoms with Gasteiger partial charge in [0.05, 0.1) is 36.1 Å². The van der Waals surface area contributed by atoms with E-state index >= 15 is 0 Å². The van der Waals surface area contributed by atoms with Crippen molar-refractivity contribution < 1.29 is 22.9 Å². The minimum absolute atomic E-state index is 0.175. The molecule has 36 heavy (non-hydrogen) atoms. The molecule has 1 saturated heterocycles. The number of benzene rings is 2. The summed E-state index contributed by atoms with van der Waals surface area (Å²) in [7, 11) is 0. The molecule has 0 unspecified atom stereocenters. The van der Waals surface area contributed by atoms with Crippen LogP contribution in [0.4, 0.5) is 18.9 Å². The normalized spacial score (nSPS) is 18.2. The molecule has 1 aliphatic heterocycles. The molecule has 0 bridgehead atoms. The van der Waals surface area contributed by atoms with Crippen molar-refractivity contribution in [2.24, 2.45) is 5.92 Å². The van der Waals surface area contributed by atoms with Gasteiger partial charge in [-0.2, -0.15) is 18.3 Å². The Bertz CT molecular complexity index is 1310. The van der Waals surface area contributed by atoms with Crippen LogP contribution in [0.1, 0.15) is 24.0 Å². The van der Waals surface area contributed by atoms with E-state index in [1.807, 2.05) is 65.7 Å². The first-order valence-corrected chi connectivity index (χ1v) is 12.0. The standard InChI is InChI=1S/C27H26F3N5O/c28-27(29,30)22-7-6-8-23(17-22)32-25(36)20-11-15-33(16-12-20)19-21-18-31-35(24-9-2-1-3-10-24)26(21)34-13-4-5-14-34/h1-10,13-14,17-18,20H,11-12,15-16,19H2,(H,32,36)/p+1. The molecule has 0 spiro atoms. The molecule has 2 aromatic heterocycles. The van der Waals surface area contributed by atoms with E-state index in [9.17, 15) is 18.0 Å². The topological polar surface area (TPSA) is 56.3 Å². The predicted octanol–water partition coefficient (Wildman–Crippen LogP) is 4.12. The molecule has 5 rings (SSSR count). The van der Waals surface area contributed by atoms with Crippen LogP contribution in [0.25, 0.3) is 11.5 Å². The number of rotatable bonds is 6. The molecule has 0 atom stereocenters. The molecule has 0 radical (unpaired) electrons. The first kappa shape index (κ1) is 23.9. The average molecular weight is 495 g/mol. The van der Waals surface area contributed by atoms with Crippen LogP contribution in [0.5, 0.6) is 0 Å². The zero-order valence-electron chi connectivity index (χ0n) is 19.6. The van der Waals surface area contributed by atoms with Crippen molar-refractivity contribution in [1.29, 1.82) is 0 Å². The Balaban J connectivity index is 1.24. The Morgan fingerprint density at radius 1 is 1.00 bits per heavy atom. The molecule has 2 aromatic carbocycles. The minimum atomic E-state index is -4.44. The van der Waals surface area contributed by atoms with E-state index < -0.39 is 11.7 Å². The molecule has 0 aliphatic carbocycles. The SMILES string of the molecule is O=C(Nc1cccc(C(F)(F)F)c1)C1CC[NH+](Cc2cnn(-c3ccccc3)c2-n2cccc2)CC1. The lowest BCUT2D eigenvalue weighted by Crippen LogP contribution is -3.11. The molecule has 6 nitrogen and oxygen atoms in total. The highest BCUT2D eigenvalue weighted by Gasteiger charge is 2.32. The van der Waals surface area contributed by atoms with Gasteiger partial charge >= 0.3 is 6.18 Å². The second kappa shape index (κ2) is 10.0. The summed E-state index contributed by atoms with van der Waals surface area (Å²) in [6.45, 7) is 2.35. The molecular weight excluding hydrogens is 467 g/mol. The number of piperidine rings is 1. The van der Waals surface area contributed by atoms with Crippen molar-refractivity contribution >= 4 is 11.6 Å². The van der Waals surface area contributed by atoms with Gasteiger partial charge in [-0.15, -0.1) is 0 Å². The van der Waals surface area contributed by atoms with Crippen LogP contribution in [0.15, 0.2) is 85.3 Å². The molecule has 2 N–H and O–H groups in total. The molecule has 3 heterocycles. The summed E-state index contributed by atoms with van der Waals surface area (Å²) in [5, 5.41) is 7.33. The van der Waals surface area contributed by atoms with E-state index in [1.54, 1.807) is 0 Å². The molecule has 0 saturated carbocycles. The summed E-state index contributed by atoms with van der Waals surface area (Å²) in [6, 6.07) is 18.7. The van der Waals surface area contributed by atoms with Gasteiger partial charge in [-0.1, -0.05) is 24.3 Å². The van der Waals surface area contributed by atoms with Gasteiger partial charge in [0, 0.05) is 36.8 Å². The fourth-order valence-electron chi connectivity index (χ4n) is 4.76. The fraction of sp³-hybridized carbons (Fsp3) is 0.259. The van der Waals surface area contributed by atoms with Gasteiger partial charge in [-0.3, -0.25) is 4.79 Å². The van der Waals surface area contributed by atoms with Gasteiger partial charge in [0.15, 0.2) is 0 Å². The van der Waals surface area contributed by atoms with Gasteiger partial charge in [0.1, 0.15) is 12.4 Å². The summed E-state index contributed by atoms with van der Waals surface area (Å²) in [6.07, 6.45) is 2.81. The van der Waals surface area contributed by atoms with Gasteiger partial charge in [0.25, 0.3) is 0 Å². The van der Waals surface area contributed by atoms with Crippen LogP contribution >= 0.6 is 0 Å². The number of hydrogen-bond acceptors (Lipinski definition) is 2. The number of carbonyl (C=O) groups is 1. The Morgan fingerprint density at radius 3 is 2.42 bits per heavy atom. The largest absolute Gasteiger partial charge is 0.416 e. The van der Waals surface area contributed by atoms with Gasteiger partial charge in [0.2, 0.25) is 5.91 Å². The lowest BCUT2D eigenvalue weighted by molar-refractivity contribution is -0.919. The third kappa shape index (κ3) is 5.21. The fourth-order valence-corrected chi connectivity index (χ4v) is 4.76. The summed E-state index contributed by atoms with van der Waals surface area (Å²) < 4.78 is 42.9. The van der Waals surface area contributed by atoms with E-state index in [2.05, 4.69) is 15.0 Å². The second-order valence-electron chi connectivity index (χ2n) is 9.10. The summed E-state index contributed by atoms with van der Waals surface area (Å²) in [5.74, 6) is 0.542. The van der Waals surface area contributed by atoms with E-state index in [0.717, 1.165) is 48.8 Å². The number of para-hydroxylation sites is 1. The smallest absolute Gasteiger partial charge is 0.331 e. The number of anilines is 1. The Hall–Kier alpha value is -3.85. The molecule has 186 valence electrons. The molecule has 1 aliphatic rings. The molecular formula is C27H27F3N5O+. The second-order valence-corrected chi connectivity index (χ2v) is 9.10. The van der Waals surface area contributed by atoms with Crippen LogP contribution in [0.2, 0.25) is 0 Å². The average Bonchev–Trinajstić information content (AvgIpc) is 3.55.